The molecule has 0 aliphatic carbocycles. The summed E-state index contributed by atoms with van der Waals surface area (Å²) in [5.41, 5.74) is 4.39. The maximum Gasteiger partial charge on any atom is 0.227 e. The maximum absolute atomic E-state index is 13.1. The number of fused-ring (bicyclic) bond motifs is 1. The Bertz CT molecular complexity index is 1150. The number of aryl methyl sites for hydroxylation is 2. The number of aromatic nitrogens is 2. The van der Waals surface area contributed by atoms with Crippen LogP contribution in [0.3, 0.4) is 0 Å². The molecule has 1 saturated heterocycles. The van der Waals surface area contributed by atoms with E-state index in [2.05, 4.69) is 22.4 Å². The van der Waals surface area contributed by atoms with Gasteiger partial charge < -0.3 is 15.0 Å². The Morgan fingerprint density at radius 2 is 2.12 bits per heavy atom. The highest BCUT2D eigenvalue weighted by Gasteiger charge is 2.26. The molecule has 0 radical (unpaired) electrons. The van der Waals surface area contributed by atoms with Gasteiger partial charge in [-0.3, -0.25) is 4.79 Å². The number of carbonyl (C=O) groups is 1. The highest BCUT2D eigenvalue weighted by atomic mass is 16.5. The first-order valence-electron chi connectivity index (χ1n) is 11.8. The summed E-state index contributed by atoms with van der Waals surface area (Å²) in [4.78, 5) is 24.4. The zero-order valence-corrected chi connectivity index (χ0v) is 19.1. The summed E-state index contributed by atoms with van der Waals surface area (Å²) in [5, 5.41) is 3.33. The third-order valence-electron chi connectivity index (χ3n) is 6.55. The maximum atomic E-state index is 13.1. The summed E-state index contributed by atoms with van der Waals surface area (Å²) in [6.45, 7) is 4.34. The van der Waals surface area contributed by atoms with Crippen molar-refractivity contribution >= 4 is 17.5 Å². The molecule has 33 heavy (non-hydrogen) atoms. The molecule has 5 rings (SSSR count). The first-order chi connectivity index (χ1) is 16.2. The van der Waals surface area contributed by atoms with Gasteiger partial charge in [0.1, 0.15) is 17.4 Å². The number of amides is 1. The van der Waals surface area contributed by atoms with E-state index >= 15 is 0 Å². The van der Waals surface area contributed by atoms with Crippen molar-refractivity contribution in [1.29, 1.82) is 0 Å². The molecule has 6 nitrogen and oxygen atoms in total. The van der Waals surface area contributed by atoms with E-state index in [4.69, 9.17) is 9.72 Å². The number of pyridine rings is 2. The largest absolute Gasteiger partial charge is 0.493 e. The van der Waals surface area contributed by atoms with E-state index < -0.39 is 0 Å². The van der Waals surface area contributed by atoms with Gasteiger partial charge in [0.15, 0.2) is 0 Å². The van der Waals surface area contributed by atoms with E-state index in [1.807, 2.05) is 48.2 Å². The first-order valence-corrected chi connectivity index (χ1v) is 11.8. The van der Waals surface area contributed by atoms with Crippen molar-refractivity contribution in [2.75, 3.05) is 25.0 Å². The second-order valence-corrected chi connectivity index (χ2v) is 8.99. The van der Waals surface area contributed by atoms with Crippen LogP contribution in [0.4, 0.5) is 11.6 Å². The monoisotopic (exact) mass is 442 g/mol. The van der Waals surface area contributed by atoms with Crippen LogP contribution in [0.2, 0.25) is 0 Å². The zero-order valence-electron chi connectivity index (χ0n) is 19.1. The molecule has 6 heteroatoms. The van der Waals surface area contributed by atoms with Crippen LogP contribution < -0.4 is 10.1 Å². The summed E-state index contributed by atoms with van der Waals surface area (Å²) in [6, 6.07) is 16.2. The minimum Gasteiger partial charge on any atom is -0.493 e. The second-order valence-electron chi connectivity index (χ2n) is 8.99. The summed E-state index contributed by atoms with van der Waals surface area (Å²) in [7, 11) is 0. The lowest BCUT2D eigenvalue weighted by molar-refractivity contribution is -0.131. The normalized spacial score (nSPS) is 17.7. The van der Waals surface area contributed by atoms with Gasteiger partial charge in [0.25, 0.3) is 0 Å². The van der Waals surface area contributed by atoms with Crippen LogP contribution in [-0.4, -0.2) is 40.5 Å². The van der Waals surface area contributed by atoms with Crippen molar-refractivity contribution in [3.05, 3.63) is 77.1 Å². The number of likely N-dealkylation sites (tertiary alicyclic amines) is 1. The van der Waals surface area contributed by atoms with Crippen molar-refractivity contribution in [1.82, 2.24) is 14.9 Å². The van der Waals surface area contributed by atoms with Gasteiger partial charge in [0.05, 0.1) is 13.0 Å². The smallest absolute Gasteiger partial charge is 0.227 e. The van der Waals surface area contributed by atoms with E-state index in [9.17, 15) is 4.79 Å². The van der Waals surface area contributed by atoms with Gasteiger partial charge in [-0.15, -0.1) is 0 Å². The molecule has 2 aliphatic heterocycles. The van der Waals surface area contributed by atoms with Crippen molar-refractivity contribution in [2.24, 2.45) is 0 Å². The Morgan fingerprint density at radius 1 is 1.18 bits per heavy atom. The lowest BCUT2D eigenvalue weighted by atomic mass is 9.93. The number of anilines is 2. The fourth-order valence-electron chi connectivity index (χ4n) is 4.74. The number of carbonyl (C=O) groups excluding carboxylic acids is 1. The van der Waals surface area contributed by atoms with Gasteiger partial charge in [-0.1, -0.05) is 24.3 Å². The number of ether oxygens (including phenoxy) is 1. The van der Waals surface area contributed by atoms with E-state index in [-0.39, 0.29) is 11.8 Å². The average Bonchev–Trinajstić information content (AvgIpc) is 2.86. The number of nitrogens with zero attached hydrogens (tertiary/aromatic N) is 3. The van der Waals surface area contributed by atoms with Crippen LogP contribution in [0.5, 0.6) is 5.75 Å². The fraction of sp³-hybridized carbons (Fsp3) is 0.370. The molecule has 1 atom stereocenters. The number of hydrogen-bond donors (Lipinski definition) is 1. The highest BCUT2D eigenvalue weighted by Crippen LogP contribution is 2.29. The molecule has 1 aromatic carbocycles. The minimum absolute atomic E-state index is 0.190. The molecular weight excluding hydrogens is 412 g/mol. The SMILES string of the molecule is Cc1cccnc1Nc1cccc(C2CCCN(C(=O)Cc3ccc4c(c3)CCCO4)C2)n1. The standard InChI is InChI=1S/C27H30N4O2/c1-19-6-3-13-28-27(19)30-25-10-2-9-23(29-25)22-7-4-14-31(18-22)26(32)17-20-11-12-24-21(16-20)8-5-15-33-24/h2-3,6,9-13,16,22H,4-5,7-8,14-15,17-18H2,1H3,(H,28,29,30). The van der Waals surface area contributed by atoms with Crippen molar-refractivity contribution in [3.8, 4) is 5.75 Å². The Hall–Kier alpha value is -3.41. The van der Waals surface area contributed by atoms with Crippen molar-refractivity contribution < 1.29 is 9.53 Å². The lowest BCUT2D eigenvalue weighted by Crippen LogP contribution is -2.40. The van der Waals surface area contributed by atoms with Crippen LogP contribution in [-0.2, 0) is 17.6 Å². The van der Waals surface area contributed by atoms with Crippen LogP contribution >= 0.6 is 0 Å². The summed E-state index contributed by atoms with van der Waals surface area (Å²) in [6.07, 6.45) is 6.32. The van der Waals surface area contributed by atoms with Crippen molar-refractivity contribution in [3.63, 3.8) is 0 Å². The number of hydrogen-bond acceptors (Lipinski definition) is 5. The van der Waals surface area contributed by atoms with Gasteiger partial charge in [0, 0.05) is 30.9 Å². The third-order valence-corrected chi connectivity index (χ3v) is 6.55. The van der Waals surface area contributed by atoms with Crippen LogP contribution in [0.1, 0.15) is 47.6 Å². The third kappa shape index (κ3) is 5.00. The summed E-state index contributed by atoms with van der Waals surface area (Å²) >= 11 is 0. The minimum atomic E-state index is 0.190. The van der Waals surface area contributed by atoms with Gasteiger partial charge in [-0.25, -0.2) is 9.97 Å². The molecule has 1 unspecified atom stereocenters. The van der Waals surface area contributed by atoms with Gasteiger partial charge in [-0.2, -0.15) is 0 Å². The number of rotatable bonds is 5. The topological polar surface area (TPSA) is 67.4 Å². The number of nitrogens with one attached hydrogen (secondary N) is 1. The molecular formula is C27H30N4O2. The number of piperidine rings is 1. The molecule has 1 N–H and O–H groups in total. The molecule has 0 bridgehead atoms. The van der Waals surface area contributed by atoms with E-state index in [0.29, 0.717) is 13.0 Å². The summed E-state index contributed by atoms with van der Waals surface area (Å²) in [5.74, 6) is 3.00. The summed E-state index contributed by atoms with van der Waals surface area (Å²) < 4.78 is 5.71. The first kappa shape index (κ1) is 21.4. The van der Waals surface area contributed by atoms with E-state index in [0.717, 1.165) is 73.0 Å². The number of benzene rings is 1. The quantitative estimate of drug-likeness (QED) is 0.615. The molecule has 0 saturated carbocycles. The predicted molar refractivity (Wildman–Crippen MR) is 129 cm³/mol. The highest BCUT2D eigenvalue weighted by molar-refractivity contribution is 5.79. The van der Waals surface area contributed by atoms with Crippen molar-refractivity contribution in [2.45, 2.75) is 44.9 Å². The fourth-order valence-corrected chi connectivity index (χ4v) is 4.74. The Labute approximate surface area is 195 Å². The molecule has 2 aliphatic rings. The predicted octanol–water partition coefficient (Wildman–Crippen LogP) is 4.80. The second kappa shape index (κ2) is 9.61. The average molecular weight is 443 g/mol. The zero-order chi connectivity index (χ0) is 22.6. The van der Waals surface area contributed by atoms with E-state index in [1.165, 1.54) is 5.56 Å². The molecule has 2 aromatic heterocycles. The Balaban J connectivity index is 1.25. The molecule has 1 fully saturated rings. The molecule has 4 heterocycles. The Morgan fingerprint density at radius 3 is 3.03 bits per heavy atom. The Kier molecular flexibility index (Phi) is 6.24. The van der Waals surface area contributed by atoms with Crippen LogP contribution in [0.25, 0.3) is 0 Å². The van der Waals surface area contributed by atoms with E-state index in [1.54, 1.807) is 6.20 Å². The molecule has 3 aromatic rings. The lowest BCUT2D eigenvalue weighted by Gasteiger charge is -2.33. The molecule has 1 amide bonds. The molecule has 170 valence electrons. The molecule has 0 spiro atoms. The van der Waals surface area contributed by atoms with Crippen LogP contribution in [0.15, 0.2) is 54.7 Å². The van der Waals surface area contributed by atoms with Gasteiger partial charge >= 0.3 is 0 Å². The van der Waals surface area contributed by atoms with Gasteiger partial charge in [-0.05, 0) is 73.6 Å². The van der Waals surface area contributed by atoms with Gasteiger partial charge in [0.2, 0.25) is 5.91 Å². The van der Waals surface area contributed by atoms with Crippen LogP contribution in [0, 0.1) is 6.92 Å².